The number of carboxylic acids is 1. The number of benzene rings is 1. The topological polar surface area (TPSA) is 49.3 Å². The molecule has 0 aliphatic rings. The first kappa shape index (κ1) is 11.3. The molecule has 0 aliphatic carbocycles. The van der Waals surface area contributed by atoms with Gasteiger partial charge in [-0.15, -0.1) is 0 Å². The van der Waals surface area contributed by atoms with E-state index >= 15 is 0 Å². The molecule has 1 aromatic carbocycles. The minimum Gasteiger partial charge on any atom is -0.481 e. The van der Waals surface area contributed by atoms with Crippen molar-refractivity contribution in [2.45, 2.75) is 19.4 Å². The highest BCUT2D eigenvalue weighted by molar-refractivity contribution is 14.1. The molecule has 1 unspecified atom stereocenters. The predicted octanol–water partition coefficient (Wildman–Crippen LogP) is 2.57. The highest BCUT2D eigenvalue weighted by atomic mass is 127. The lowest BCUT2D eigenvalue weighted by atomic mass is 10.2. The summed E-state index contributed by atoms with van der Waals surface area (Å²) in [6.07, 6.45) is 0.131. The second-order valence-corrected chi connectivity index (χ2v) is 4.40. The van der Waals surface area contributed by atoms with Gasteiger partial charge in [-0.05, 0) is 53.8 Å². The summed E-state index contributed by atoms with van der Waals surface area (Å²) < 4.78 is 1.17. The van der Waals surface area contributed by atoms with Crippen molar-refractivity contribution >= 4 is 34.2 Å². The lowest BCUT2D eigenvalue weighted by Gasteiger charge is -2.12. The normalized spacial score (nSPS) is 12.1. The summed E-state index contributed by atoms with van der Waals surface area (Å²) in [4.78, 5) is 10.4. The number of rotatable bonds is 4. The SMILES string of the molecule is CC(CC(=O)O)Nc1ccc(I)cc1. The van der Waals surface area contributed by atoms with E-state index in [4.69, 9.17) is 5.11 Å². The third-order valence-corrected chi connectivity index (χ3v) is 2.46. The maximum atomic E-state index is 10.4. The maximum Gasteiger partial charge on any atom is 0.305 e. The standard InChI is InChI=1S/C10H12INO2/c1-7(6-10(13)14)12-9-4-2-8(11)3-5-9/h2-5,7,12H,6H2,1H3,(H,13,14). The average Bonchev–Trinajstić information content (AvgIpc) is 2.07. The van der Waals surface area contributed by atoms with Crippen LogP contribution >= 0.6 is 22.6 Å². The minimum atomic E-state index is -0.782. The van der Waals surface area contributed by atoms with E-state index in [-0.39, 0.29) is 12.5 Å². The third kappa shape index (κ3) is 3.95. The fourth-order valence-corrected chi connectivity index (χ4v) is 1.50. The van der Waals surface area contributed by atoms with Gasteiger partial charge in [-0.2, -0.15) is 0 Å². The van der Waals surface area contributed by atoms with Crippen LogP contribution in [0.3, 0.4) is 0 Å². The fraction of sp³-hybridized carbons (Fsp3) is 0.300. The Hall–Kier alpha value is -0.780. The number of carboxylic acid groups (broad SMARTS) is 1. The van der Waals surface area contributed by atoms with E-state index in [0.29, 0.717) is 0 Å². The lowest BCUT2D eigenvalue weighted by Crippen LogP contribution is -2.19. The van der Waals surface area contributed by atoms with Crippen LogP contribution < -0.4 is 5.32 Å². The second kappa shape index (κ2) is 5.19. The smallest absolute Gasteiger partial charge is 0.305 e. The van der Waals surface area contributed by atoms with Gasteiger partial charge in [0.1, 0.15) is 0 Å². The molecule has 0 spiro atoms. The van der Waals surface area contributed by atoms with Gasteiger partial charge < -0.3 is 10.4 Å². The number of nitrogens with one attached hydrogen (secondary N) is 1. The van der Waals surface area contributed by atoms with E-state index in [9.17, 15) is 4.79 Å². The van der Waals surface area contributed by atoms with Gasteiger partial charge in [-0.1, -0.05) is 0 Å². The average molecular weight is 305 g/mol. The van der Waals surface area contributed by atoms with Crippen molar-refractivity contribution in [3.8, 4) is 0 Å². The molecule has 0 saturated heterocycles. The van der Waals surface area contributed by atoms with Crippen LogP contribution in [0.15, 0.2) is 24.3 Å². The van der Waals surface area contributed by atoms with Crippen LogP contribution in [0.25, 0.3) is 0 Å². The third-order valence-electron chi connectivity index (χ3n) is 1.74. The molecule has 1 rings (SSSR count). The van der Waals surface area contributed by atoms with Crippen LogP contribution in [0.2, 0.25) is 0 Å². The van der Waals surface area contributed by atoms with Crippen molar-refractivity contribution in [2.75, 3.05) is 5.32 Å². The lowest BCUT2D eigenvalue weighted by molar-refractivity contribution is -0.137. The van der Waals surface area contributed by atoms with Gasteiger partial charge in [0.25, 0.3) is 0 Å². The second-order valence-electron chi connectivity index (χ2n) is 3.15. The Bertz CT molecular complexity index is 310. The molecule has 3 nitrogen and oxygen atoms in total. The Morgan fingerprint density at radius 2 is 2.07 bits per heavy atom. The number of halogens is 1. The summed E-state index contributed by atoms with van der Waals surface area (Å²) in [6, 6.07) is 7.81. The zero-order valence-electron chi connectivity index (χ0n) is 7.83. The zero-order chi connectivity index (χ0) is 10.6. The maximum absolute atomic E-state index is 10.4. The summed E-state index contributed by atoms with van der Waals surface area (Å²) in [5, 5.41) is 11.7. The molecular weight excluding hydrogens is 293 g/mol. The van der Waals surface area contributed by atoms with E-state index in [1.807, 2.05) is 31.2 Å². The van der Waals surface area contributed by atoms with Crippen molar-refractivity contribution in [1.29, 1.82) is 0 Å². The van der Waals surface area contributed by atoms with Crippen LogP contribution in [-0.4, -0.2) is 17.1 Å². The molecule has 14 heavy (non-hydrogen) atoms. The van der Waals surface area contributed by atoms with E-state index in [1.54, 1.807) is 0 Å². The van der Waals surface area contributed by atoms with Gasteiger partial charge in [0.05, 0.1) is 6.42 Å². The van der Waals surface area contributed by atoms with Gasteiger partial charge in [-0.3, -0.25) is 4.79 Å². The number of anilines is 1. The summed E-state index contributed by atoms with van der Waals surface area (Å²) in [7, 11) is 0. The van der Waals surface area contributed by atoms with E-state index < -0.39 is 5.97 Å². The molecule has 0 fully saturated rings. The molecule has 76 valence electrons. The van der Waals surface area contributed by atoms with Gasteiger partial charge in [0.2, 0.25) is 0 Å². The van der Waals surface area contributed by atoms with Gasteiger partial charge in [0.15, 0.2) is 0 Å². The first-order valence-corrected chi connectivity index (χ1v) is 5.39. The molecule has 0 bridgehead atoms. The summed E-state index contributed by atoms with van der Waals surface area (Å²) in [5.74, 6) is -0.782. The number of aliphatic carboxylic acids is 1. The molecule has 0 saturated carbocycles. The summed E-state index contributed by atoms with van der Waals surface area (Å²) >= 11 is 2.23. The quantitative estimate of drug-likeness (QED) is 0.841. The predicted molar refractivity (Wildman–Crippen MR) is 64.5 cm³/mol. The van der Waals surface area contributed by atoms with E-state index in [0.717, 1.165) is 5.69 Å². The highest BCUT2D eigenvalue weighted by Gasteiger charge is 2.06. The Kier molecular flexibility index (Phi) is 4.19. The Balaban J connectivity index is 2.51. The number of hydrogen-bond donors (Lipinski definition) is 2. The van der Waals surface area contributed by atoms with Crippen molar-refractivity contribution in [3.05, 3.63) is 27.8 Å². The van der Waals surface area contributed by atoms with Crippen molar-refractivity contribution < 1.29 is 9.90 Å². The Labute approximate surface area is 96.7 Å². The molecule has 0 amide bonds. The molecule has 0 radical (unpaired) electrons. The van der Waals surface area contributed by atoms with Crippen LogP contribution in [0.1, 0.15) is 13.3 Å². The highest BCUT2D eigenvalue weighted by Crippen LogP contribution is 2.12. The zero-order valence-corrected chi connectivity index (χ0v) is 9.98. The summed E-state index contributed by atoms with van der Waals surface area (Å²) in [5.41, 5.74) is 0.958. The minimum absolute atomic E-state index is 0.0486. The molecule has 0 aliphatic heterocycles. The molecule has 4 heteroatoms. The van der Waals surface area contributed by atoms with E-state index in [2.05, 4.69) is 27.9 Å². The monoisotopic (exact) mass is 305 g/mol. The summed E-state index contributed by atoms with van der Waals surface area (Å²) in [6.45, 7) is 1.85. The Morgan fingerprint density at radius 3 is 2.57 bits per heavy atom. The largest absolute Gasteiger partial charge is 0.481 e. The molecule has 0 aromatic heterocycles. The first-order valence-electron chi connectivity index (χ1n) is 4.32. The molecule has 1 aromatic rings. The van der Waals surface area contributed by atoms with Crippen LogP contribution in [0.4, 0.5) is 5.69 Å². The Morgan fingerprint density at radius 1 is 1.50 bits per heavy atom. The van der Waals surface area contributed by atoms with Crippen LogP contribution in [-0.2, 0) is 4.79 Å². The molecule has 2 N–H and O–H groups in total. The molecule has 1 atom stereocenters. The molecular formula is C10H12INO2. The van der Waals surface area contributed by atoms with Crippen molar-refractivity contribution in [3.63, 3.8) is 0 Å². The van der Waals surface area contributed by atoms with E-state index in [1.165, 1.54) is 3.57 Å². The molecule has 0 heterocycles. The van der Waals surface area contributed by atoms with Gasteiger partial charge in [0, 0.05) is 15.3 Å². The first-order chi connectivity index (χ1) is 6.58. The van der Waals surface area contributed by atoms with Crippen molar-refractivity contribution in [1.82, 2.24) is 0 Å². The van der Waals surface area contributed by atoms with Gasteiger partial charge in [-0.25, -0.2) is 0 Å². The fourth-order valence-electron chi connectivity index (χ4n) is 1.14. The number of hydrogen-bond acceptors (Lipinski definition) is 2. The van der Waals surface area contributed by atoms with Crippen molar-refractivity contribution in [2.24, 2.45) is 0 Å². The van der Waals surface area contributed by atoms with Gasteiger partial charge >= 0.3 is 5.97 Å². The number of carbonyl (C=O) groups is 1. The van der Waals surface area contributed by atoms with Crippen LogP contribution in [0, 0.1) is 3.57 Å². The van der Waals surface area contributed by atoms with Crippen LogP contribution in [0.5, 0.6) is 0 Å².